The number of aromatic amines is 1. The zero-order valence-corrected chi connectivity index (χ0v) is 15.4. The molecule has 140 valence electrons. The molecule has 0 aromatic carbocycles. The Bertz CT molecular complexity index is 891. The molecule has 2 aromatic rings. The van der Waals surface area contributed by atoms with E-state index in [9.17, 15) is 13.2 Å². The number of imidazole rings is 1. The predicted molar refractivity (Wildman–Crippen MR) is 93.9 cm³/mol. The van der Waals surface area contributed by atoms with Gasteiger partial charge in [-0.25, -0.2) is 13.4 Å². The summed E-state index contributed by atoms with van der Waals surface area (Å²) in [6.07, 6.45) is 5.01. The number of carbonyl (C=O) groups excluding carboxylic acids is 1. The van der Waals surface area contributed by atoms with Crippen LogP contribution in [0.1, 0.15) is 11.4 Å². The molecule has 0 spiro atoms. The van der Waals surface area contributed by atoms with Crippen LogP contribution >= 0.6 is 0 Å². The largest absolute Gasteiger partial charge is 0.348 e. The maximum absolute atomic E-state index is 12.7. The number of nitrogens with zero attached hydrogens (tertiary/aromatic N) is 5. The van der Waals surface area contributed by atoms with Crippen molar-refractivity contribution in [1.82, 2.24) is 29.5 Å². The molecule has 1 N–H and O–H groups in total. The summed E-state index contributed by atoms with van der Waals surface area (Å²) >= 11 is 0. The Hall–Kier alpha value is -2.20. The standard InChI is InChI=1S/C16H22N6O3S/c1-12-13(18-11-17-12)7-20-5-6-22(15-10-26(24,25)9-14(15)20)16(23)8-21-4-2-3-19-21/h2-4,11,14-15H,5-10H2,1H3,(H,17,18)/t14-,15+/m0/s1. The topological polar surface area (TPSA) is 104 Å². The molecule has 0 saturated carbocycles. The van der Waals surface area contributed by atoms with Crippen molar-refractivity contribution in [3.05, 3.63) is 36.2 Å². The average Bonchev–Trinajstić information content (AvgIpc) is 3.28. The summed E-state index contributed by atoms with van der Waals surface area (Å²) in [6.45, 7) is 3.82. The molecule has 2 aliphatic rings. The molecule has 2 fully saturated rings. The van der Waals surface area contributed by atoms with Gasteiger partial charge in [-0.2, -0.15) is 5.10 Å². The van der Waals surface area contributed by atoms with Crippen molar-refractivity contribution in [2.75, 3.05) is 24.6 Å². The highest BCUT2D eigenvalue weighted by Gasteiger charge is 2.48. The lowest BCUT2D eigenvalue weighted by Crippen LogP contribution is -2.60. The first kappa shape index (κ1) is 17.2. The molecule has 2 saturated heterocycles. The zero-order chi connectivity index (χ0) is 18.3. The van der Waals surface area contributed by atoms with Crippen LogP contribution in [0.5, 0.6) is 0 Å². The van der Waals surface area contributed by atoms with Crippen molar-refractivity contribution in [2.45, 2.75) is 32.1 Å². The first-order chi connectivity index (χ1) is 12.4. The van der Waals surface area contributed by atoms with Crippen LogP contribution in [0.2, 0.25) is 0 Å². The van der Waals surface area contributed by atoms with Crippen LogP contribution in [-0.4, -0.2) is 80.6 Å². The third-order valence-electron chi connectivity index (χ3n) is 5.25. The quantitative estimate of drug-likeness (QED) is 0.764. The third kappa shape index (κ3) is 3.26. The number of amides is 1. The molecule has 9 nitrogen and oxygen atoms in total. The number of piperazine rings is 1. The second-order valence-corrected chi connectivity index (χ2v) is 9.10. The molecule has 26 heavy (non-hydrogen) atoms. The molecule has 0 bridgehead atoms. The number of hydrogen-bond acceptors (Lipinski definition) is 6. The Balaban J connectivity index is 1.53. The SMILES string of the molecule is Cc1[nH]cnc1CN1CCN(C(=O)Cn2cccn2)[C@@H]2CS(=O)(=O)C[C@@H]21. The lowest BCUT2D eigenvalue weighted by atomic mass is 10.0. The van der Waals surface area contributed by atoms with Gasteiger partial charge in [-0.3, -0.25) is 14.4 Å². The molecule has 0 aliphatic carbocycles. The maximum atomic E-state index is 12.7. The van der Waals surface area contributed by atoms with Crippen LogP contribution in [0.3, 0.4) is 0 Å². The van der Waals surface area contributed by atoms with Crippen molar-refractivity contribution < 1.29 is 13.2 Å². The van der Waals surface area contributed by atoms with Gasteiger partial charge in [-0.05, 0) is 13.0 Å². The number of hydrogen-bond donors (Lipinski definition) is 1. The number of fused-ring (bicyclic) bond motifs is 1. The summed E-state index contributed by atoms with van der Waals surface area (Å²) in [5.74, 6) is 0.0297. The van der Waals surface area contributed by atoms with E-state index in [0.29, 0.717) is 19.6 Å². The van der Waals surface area contributed by atoms with E-state index in [1.54, 1.807) is 34.4 Å². The van der Waals surface area contributed by atoms with E-state index in [-0.39, 0.29) is 36.0 Å². The lowest BCUT2D eigenvalue weighted by molar-refractivity contribution is -0.138. The summed E-state index contributed by atoms with van der Waals surface area (Å²) in [6, 6.07) is 1.27. The first-order valence-corrected chi connectivity index (χ1v) is 10.5. The fraction of sp³-hybridized carbons (Fsp3) is 0.562. The van der Waals surface area contributed by atoms with Crippen LogP contribution in [-0.2, 0) is 27.7 Å². The molecular formula is C16H22N6O3S. The average molecular weight is 378 g/mol. The first-order valence-electron chi connectivity index (χ1n) is 8.63. The van der Waals surface area contributed by atoms with E-state index >= 15 is 0 Å². The van der Waals surface area contributed by atoms with E-state index in [1.807, 2.05) is 6.92 Å². The Morgan fingerprint density at radius 3 is 2.81 bits per heavy atom. The number of sulfone groups is 1. The van der Waals surface area contributed by atoms with Crippen LogP contribution in [0.25, 0.3) is 0 Å². The Morgan fingerprint density at radius 2 is 2.12 bits per heavy atom. The molecule has 0 unspecified atom stereocenters. The van der Waals surface area contributed by atoms with E-state index in [4.69, 9.17) is 0 Å². The van der Waals surface area contributed by atoms with Gasteiger partial charge < -0.3 is 9.88 Å². The van der Waals surface area contributed by atoms with E-state index in [1.165, 1.54) is 0 Å². The van der Waals surface area contributed by atoms with Crippen molar-refractivity contribution in [2.24, 2.45) is 0 Å². The zero-order valence-electron chi connectivity index (χ0n) is 14.6. The molecule has 10 heteroatoms. The maximum Gasteiger partial charge on any atom is 0.244 e. The molecule has 2 aromatic heterocycles. The molecule has 4 rings (SSSR count). The summed E-state index contributed by atoms with van der Waals surface area (Å²) in [5, 5.41) is 4.07. The van der Waals surface area contributed by atoms with Crippen LogP contribution < -0.4 is 0 Å². The Kier molecular flexibility index (Phi) is 4.31. The number of H-pyrrole nitrogens is 1. The van der Waals surface area contributed by atoms with Gasteiger partial charge in [-0.15, -0.1) is 0 Å². The highest BCUT2D eigenvalue weighted by atomic mass is 32.2. The summed E-state index contributed by atoms with van der Waals surface area (Å²) in [7, 11) is -3.17. The molecule has 2 aliphatic heterocycles. The lowest BCUT2D eigenvalue weighted by Gasteiger charge is -2.43. The van der Waals surface area contributed by atoms with Crippen LogP contribution in [0.4, 0.5) is 0 Å². The van der Waals surface area contributed by atoms with Crippen LogP contribution in [0, 0.1) is 6.92 Å². The van der Waals surface area contributed by atoms with Crippen molar-refractivity contribution >= 4 is 15.7 Å². The molecular weight excluding hydrogens is 356 g/mol. The third-order valence-corrected chi connectivity index (χ3v) is 6.95. The van der Waals surface area contributed by atoms with E-state index in [2.05, 4.69) is 20.0 Å². The highest BCUT2D eigenvalue weighted by molar-refractivity contribution is 7.91. The predicted octanol–water partition coefficient (Wildman–Crippen LogP) is -0.575. The van der Waals surface area contributed by atoms with Crippen molar-refractivity contribution in [3.8, 4) is 0 Å². The van der Waals surface area contributed by atoms with Gasteiger partial charge in [0.25, 0.3) is 0 Å². The minimum absolute atomic E-state index is 0.0264. The Labute approximate surface area is 151 Å². The summed E-state index contributed by atoms with van der Waals surface area (Å²) in [4.78, 5) is 24.0. The van der Waals surface area contributed by atoms with Gasteiger partial charge >= 0.3 is 0 Å². The molecule has 1 amide bonds. The number of aryl methyl sites for hydroxylation is 1. The van der Waals surface area contributed by atoms with Gasteiger partial charge in [0.1, 0.15) is 6.54 Å². The molecule has 0 radical (unpaired) electrons. The van der Waals surface area contributed by atoms with E-state index in [0.717, 1.165) is 11.4 Å². The monoisotopic (exact) mass is 378 g/mol. The number of rotatable bonds is 4. The normalized spacial score (nSPS) is 25.3. The second-order valence-electron chi connectivity index (χ2n) is 6.95. The van der Waals surface area contributed by atoms with Crippen molar-refractivity contribution in [3.63, 3.8) is 0 Å². The summed E-state index contributed by atoms with van der Waals surface area (Å²) < 4.78 is 26.2. The smallest absolute Gasteiger partial charge is 0.244 e. The molecule has 2 atom stereocenters. The van der Waals surface area contributed by atoms with Gasteiger partial charge in [0.2, 0.25) is 5.91 Å². The minimum Gasteiger partial charge on any atom is -0.348 e. The second kappa shape index (κ2) is 6.51. The van der Waals surface area contributed by atoms with Gasteiger partial charge in [0.05, 0.1) is 29.6 Å². The highest BCUT2D eigenvalue weighted by Crippen LogP contribution is 2.28. The van der Waals surface area contributed by atoms with E-state index < -0.39 is 9.84 Å². The van der Waals surface area contributed by atoms with Crippen molar-refractivity contribution in [1.29, 1.82) is 0 Å². The molecule has 4 heterocycles. The van der Waals surface area contributed by atoms with Gasteiger partial charge in [-0.1, -0.05) is 0 Å². The number of aromatic nitrogens is 4. The fourth-order valence-electron chi connectivity index (χ4n) is 3.89. The van der Waals surface area contributed by atoms with Crippen LogP contribution in [0.15, 0.2) is 24.8 Å². The van der Waals surface area contributed by atoms with Gasteiger partial charge in [0, 0.05) is 43.8 Å². The Morgan fingerprint density at radius 1 is 1.31 bits per heavy atom. The summed E-state index contributed by atoms with van der Waals surface area (Å²) in [5.41, 5.74) is 1.91. The fourth-order valence-corrected chi connectivity index (χ4v) is 5.90. The number of carbonyl (C=O) groups is 1. The van der Waals surface area contributed by atoms with Gasteiger partial charge in [0.15, 0.2) is 9.84 Å². The number of nitrogens with one attached hydrogen (secondary N) is 1. The minimum atomic E-state index is -3.17.